The topological polar surface area (TPSA) is 7.94 Å². The molecule has 0 amide bonds. The van der Waals surface area contributed by atoms with Gasteiger partial charge < -0.3 is 17.6 Å². The SMILES string of the molecule is CCC1=C(C)C2=C(c3c(F)cccc3F)c3c(C)c(CC)c(C)n3[B-](F)(F)[N+]2=C1C. The van der Waals surface area contributed by atoms with Crippen LogP contribution in [0.15, 0.2) is 35.0 Å². The predicted molar refractivity (Wildman–Crippen MR) is 113 cm³/mol. The molecule has 7 heteroatoms. The van der Waals surface area contributed by atoms with Crippen molar-refractivity contribution in [2.45, 2.75) is 54.4 Å². The van der Waals surface area contributed by atoms with Gasteiger partial charge in [0.2, 0.25) is 0 Å². The van der Waals surface area contributed by atoms with Crippen LogP contribution < -0.4 is 0 Å². The Morgan fingerprint density at radius 2 is 1.57 bits per heavy atom. The van der Waals surface area contributed by atoms with E-state index in [9.17, 15) is 8.78 Å². The molecule has 0 spiro atoms. The van der Waals surface area contributed by atoms with Gasteiger partial charge in [-0.1, -0.05) is 19.9 Å². The second kappa shape index (κ2) is 6.72. The van der Waals surface area contributed by atoms with Crippen LogP contribution in [0, 0.1) is 25.5 Å². The van der Waals surface area contributed by atoms with Crippen LogP contribution in [0.1, 0.15) is 62.2 Å². The monoisotopic (exact) mass is 416 g/mol. The molecule has 4 rings (SSSR count). The molecule has 1 aromatic heterocycles. The van der Waals surface area contributed by atoms with E-state index < -0.39 is 18.6 Å². The smallest absolute Gasteiger partial charge is 0.393 e. The number of nitrogens with zero attached hydrogens (tertiary/aromatic N) is 2. The first-order chi connectivity index (χ1) is 14.1. The lowest BCUT2D eigenvalue weighted by Crippen LogP contribution is -2.51. The Morgan fingerprint density at radius 3 is 2.10 bits per heavy atom. The van der Waals surface area contributed by atoms with Crippen LogP contribution in [0.3, 0.4) is 0 Å². The zero-order valence-electron chi connectivity index (χ0n) is 18.1. The number of allylic oxidation sites excluding steroid dienone is 2. The zero-order valence-corrected chi connectivity index (χ0v) is 18.1. The molecule has 0 radical (unpaired) electrons. The minimum atomic E-state index is -4.21. The van der Waals surface area contributed by atoms with Gasteiger partial charge in [-0.25, -0.2) is 8.78 Å². The minimum absolute atomic E-state index is 0.207. The first kappa shape index (κ1) is 20.7. The van der Waals surface area contributed by atoms with Gasteiger partial charge in [0.1, 0.15) is 17.3 Å². The molecule has 30 heavy (non-hydrogen) atoms. The van der Waals surface area contributed by atoms with Gasteiger partial charge >= 0.3 is 6.97 Å². The third kappa shape index (κ3) is 2.41. The summed E-state index contributed by atoms with van der Waals surface area (Å²) in [4.78, 5) is 0. The number of halogens is 4. The molecule has 0 saturated carbocycles. The summed E-state index contributed by atoms with van der Waals surface area (Å²) in [5.74, 6) is -1.51. The van der Waals surface area contributed by atoms with E-state index in [2.05, 4.69) is 0 Å². The van der Waals surface area contributed by atoms with E-state index >= 15 is 8.63 Å². The van der Waals surface area contributed by atoms with Crippen molar-refractivity contribution in [3.8, 4) is 0 Å². The molecule has 0 atom stereocenters. The molecule has 1 aromatic carbocycles. The highest BCUT2D eigenvalue weighted by Crippen LogP contribution is 2.47. The van der Waals surface area contributed by atoms with Crippen LogP contribution in [-0.4, -0.2) is 21.6 Å². The summed E-state index contributed by atoms with van der Waals surface area (Å²) in [5.41, 5.74) is 4.15. The van der Waals surface area contributed by atoms with Gasteiger partial charge in [0.05, 0.1) is 11.1 Å². The molecule has 3 heterocycles. The Bertz CT molecular complexity index is 1180. The van der Waals surface area contributed by atoms with Gasteiger partial charge in [-0.3, -0.25) is 0 Å². The van der Waals surface area contributed by atoms with Crippen molar-refractivity contribution in [3.63, 3.8) is 0 Å². The number of rotatable bonds is 3. The van der Waals surface area contributed by atoms with Gasteiger partial charge in [-0.05, 0) is 62.6 Å². The molecule has 0 bridgehead atoms. The van der Waals surface area contributed by atoms with Gasteiger partial charge in [0.15, 0.2) is 5.70 Å². The summed E-state index contributed by atoms with van der Waals surface area (Å²) in [7, 11) is 0. The van der Waals surface area contributed by atoms with E-state index in [4.69, 9.17) is 0 Å². The Balaban J connectivity index is 2.29. The van der Waals surface area contributed by atoms with Crippen LogP contribution in [0.4, 0.5) is 17.4 Å². The molecule has 158 valence electrons. The first-order valence-corrected chi connectivity index (χ1v) is 10.3. The van der Waals surface area contributed by atoms with Crippen molar-refractivity contribution < 1.29 is 21.9 Å². The number of aromatic nitrogens is 1. The fraction of sp³-hybridized carbons (Fsp3) is 0.348. The second-order valence-electron chi connectivity index (χ2n) is 8.08. The third-order valence-electron chi connectivity index (χ3n) is 6.71. The van der Waals surface area contributed by atoms with Crippen molar-refractivity contribution in [3.05, 3.63) is 74.8 Å². The van der Waals surface area contributed by atoms with E-state index in [1.807, 2.05) is 13.8 Å². The molecule has 2 aromatic rings. The van der Waals surface area contributed by atoms with Crippen LogP contribution >= 0.6 is 0 Å². The van der Waals surface area contributed by atoms with E-state index in [-0.39, 0.29) is 22.5 Å². The minimum Gasteiger partial charge on any atom is -0.393 e. The second-order valence-corrected chi connectivity index (χ2v) is 8.08. The molecule has 0 fully saturated rings. The third-order valence-corrected chi connectivity index (χ3v) is 6.71. The average molecular weight is 416 g/mol. The standard InChI is InChI=1S/C23H25BF4N2/c1-7-16-12(3)22-21(20-18(25)10-9-11-19(20)26)23-13(4)17(8-2)15(6)30(23)24(27,28)29(22)14(16)5/h9-11H,7-8H2,1-6H3. The Morgan fingerprint density at radius 1 is 0.967 bits per heavy atom. The van der Waals surface area contributed by atoms with Crippen molar-refractivity contribution >= 4 is 18.3 Å². The lowest BCUT2D eigenvalue weighted by molar-refractivity contribution is -0.363. The van der Waals surface area contributed by atoms with Gasteiger partial charge in [-0.2, -0.15) is 0 Å². The average Bonchev–Trinajstić information content (AvgIpc) is 3.08. The quantitative estimate of drug-likeness (QED) is 0.419. The molecule has 2 nitrogen and oxygen atoms in total. The maximum atomic E-state index is 16.0. The van der Waals surface area contributed by atoms with Crippen molar-refractivity contribution in [2.75, 3.05) is 0 Å². The van der Waals surface area contributed by atoms with Gasteiger partial charge in [0.25, 0.3) is 0 Å². The van der Waals surface area contributed by atoms with E-state index in [0.29, 0.717) is 35.4 Å². The van der Waals surface area contributed by atoms with Gasteiger partial charge in [0, 0.05) is 23.8 Å². The number of hydrogen-bond donors (Lipinski definition) is 0. The summed E-state index contributed by atoms with van der Waals surface area (Å²) in [6, 6.07) is 3.64. The van der Waals surface area contributed by atoms with Crippen LogP contribution in [0.2, 0.25) is 0 Å². The normalized spacial score (nSPS) is 17.8. The van der Waals surface area contributed by atoms with E-state index in [1.54, 1.807) is 27.7 Å². The van der Waals surface area contributed by atoms with Crippen molar-refractivity contribution in [1.29, 1.82) is 0 Å². The maximum absolute atomic E-state index is 16.0. The van der Waals surface area contributed by atoms with Crippen molar-refractivity contribution in [1.82, 2.24) is 4.48 Å². The van der Waals surface area contributed by atoms with Crippen LogP contribution in [0.5, 0.6) is 0 Å². The summed E-state index contributed by atoms with van der Waals surface area (Å²) in [6.07, 6.45) is 1.12. The highest BCUT2D eigenvalue weighted by Gasteiger charge is 2.57. The first-order valence-electron chi connectivity index (χ1n) is 10.3. The Kier molecular flexibility index (Phi) is 4.64. The summed E-state index contributed by atoms with van der Waals surface area (Å²) in [5, 5.41) is 0. The number of fused-ring (bicyclic) bond motifs is 2. The molecular weight excluding hydrogens is 391 g/mol. The zero-order chi connectivity index (χ0) is 22.1. The van der Waals surface area contributed by atoms with Crippen molar-refractivity contribution in [2.24, 2.45) is 0 Å². The summed E-state index contributed by atoms with van der Waals surface area (Å²) >= 11 is 0. The predicted octanol–water partition coefficient (Wildman–Crippen LogP) is 6.15. The molecule has 0 aliphatic carbocycles. The van der Waals surface area contributed by atoms with Gasteiger partial charge in [-0.15, -0.1) is 0 Å². The highest BCUT2D eigenvalue weighted by atomic mass is 19.2. The fourth-order valence-electron chi connectivity index (χ4n) is 5.45. The Hall–Kier alpha value is -2.57. The number of benzene rings is 1. The molecule has 2 aliphatic rings. The van der Waals surface area contributed by atoms with Crippen LogP contribution in [-0.2, 0) is 6.42 Å². The molecule has 0 saturated heterocycles. The number of hydrogen-bond acceptors (Lipinski definition) is 0. The Labute approximate surface area is 174 Å². The maximum Gasteiger partial charge on any atom is 0.737 e. The molecule has 0 unspecified atom stereocenters. The van der Waals surface area contributed by atoms with E-state index in [1.165, 1.54) is 18.2 Å². The fourth-order valence-corrected chi connectivity index (χ4v) is 5.45. The molecule has 0 N–H and O–H groups in total. The summed E-state index contributed by atoms with van der Waals surface area (Å²) in [6.45, 7) is 6.46. The lowest BCUT2D eigenvalue weighted by atomic mass is 9.83. The highest BCUT2D eigenvalue weighted by molar-refractivity contribution is 6.58. The van der Waals surface area contributed by atoms with E-state index in [0.717, 1.165) is 20.1 Å². The lowest BCUT2D eigenvalue weighted by Gasteiger charge is -2.34. The largest absolute Gasteiger partial charge is 0.737 e. The summed E-state index contributed by atoms with van der Waals surface area (Å²) < 4.78 is 64.1. The molecular formula is C23H25BF4N2. The van der Waals surface area contributed by atoms with Crippen LogP contribution in [0.25, 0.3) is 5.57 Å². The molecule has 2 aliphatic heterocycles.